The first-order valence-electron chi connectivity index (χ1n) is 9.66. The van der Waals surface area contributed by atoms with Gasteiger partial charge in [-0.25, -0.2) is 17.7 Å². The van der Waals surface area contributed by atoms with Crippen LogP contribution in [0.5, 0.6) is 0 Å². The molecule has 0 saturated heterocycles. The highest BCUT2D eigenvalue weighted by Gasteiger charge is 2.23. The van der Waals surface area contributed by atoms with E-state index in [9.17, 15) is 13.2 Å². The van der Waals surface area contributed by atoms with Crippen molar-refractivity contribution in [2.24, 2.45) is 0 Å². The van der Waals surface area contributed by atoms with Gasteiger partial charge in [0.2, 0.25) is 10.0 Å². The molecular weight excluding hydrogens is 410 g/mol. The zero-order chi connectivity index (χ0) is 22.0. The fourth-order valence-corrected chi connectivity index (χ4v) is 4.34. The Labute approximate surface area is 181 Å². The number of amides is 1. The average Bonchev–Trinajstić information content (AvgIpc) is 2.79. The highest BCUT2D eigenvalue weighted by atomic mass is 32.2. The minimum Gasteiger partial charge on any atom is -0.321 e. The smallest absolute Gasteiger partial charge is 0.256 e. The highest BCUT2D eigenvalue weighted by molar-refractivity contribution is 7.89. The van der Waals surface area contributed by atoms with Crippen molar-refractivity contribution in [2.45, 2.75) is 4.90 Å². The zero-order valence-corrected chi connectivity index (χ0v) is 17.9. The Bertz CT molecular complexity index is 1370. The van der Waals surface area contributed by atoms with E-state index in [0.717, 1.165) is 9.87 Å². The molecule has 1 N–H and O–H groups in total. The lowest BCUT2D eigenvalue weighted by Crippen LogP contribution is -2.24. The van der Waals surface area contributed by atoms with Crippen LogP contribution in [0.4, 0.5) is 5.69 Å². The number of rotatable bonds is 5. The maximum atomic E-state index is 13.3. The molecule has 0 aliphatic carbocycles. The zero-order valence-electron chi connectivity index (χ0n) is 17.1. The van der Waals surface area contributed by atoms with E-state index in [1.807, 2.05) is 54.6 Å². The minimum atomic E-state index is -3.72. The first kappa shape index (κ1) is 20.7. The third kappa shape index (κ3) is 4.05. The Morgan fingerprint density at radius 3 is 2.26 bits per heavy atom. The highest BCUT2D eigenvalue weighted by Crippen LogP contribution is 2.27. The third-order valence-electron chi connectivity index (χ3n) is 4.92. The fourth-order valence-electron chi connectivity index (χ4n) is 3.30. The number of benzene rings is 3. The predicted octanol–water partition coefficient (Wildman–Crippen LogP) is 4.40. The molecule has 0 bridgehead atoms. The van der Waals surface area contributed by atoms with Crippen molar-refractivity contribution < 1.29 is 13.2 Å². The molecule has 0 radical (unpaired) electrons. The Kier molecular flexibility index (Phi) is 5.54. The van der Waals surface area contributed by atoms with Gasteiger partial charge in [-0.05, 0) is 24.3 Å². The van der Waals surface area contributed by atoms with Gasteiger partial charge in [0, 0.05) is 25.0 Å². The van der Waals surface area contributed by atoms with Gasteiger partial charge in [-0.3, -0.25) is 4.79 Å². The number of sulfonamides is 1. The number of pyridine rings is 1. The van der Waals surface area contributed by atoms with Gasteiger partial charge in [-0.2, -0.15) is 0 Å². The molecule has 3 aromatic carbocycles. The summed E-state index contributed by atoms with van der Waals surface area (Å²) in [5.74, 6) is -0.405. The summed E-state index contributed by atoms with van der Waals surface area (Å²) in [5.41, 5.74) is 2.88. The van der Waals surface area contributed by atoms with Gasteiger partial charge in [0.15, 0.2) is 0 Å². The molecule has 6 nitrogen and oxygen atoms in total. The van der Waals surface area contributed by atoms with Crippen LogP contribution in [-0.4, -0.2) is 37.7 Å². The van der Waals surface area contributed by atoms with Gasteiger partial charge >= 0.3 is 0 Å². The summed E-state index contributed by atoms with van der Waals surface area (Å²) in [7, 11) is -0.813. The molecule has 156 valence electrons. The molecule has 4 aromatic rings. The van der Waals surface area contributed by atoms with Crippen LogP contribution in [0.2, 0.25) is 0 Å². The normalized spacial score (nSPS) is 11.6. The summed E-state index contributed by atoms with van der Waals surface area (Å²) in [5, 5.41) is 3.47. The molecule has 0 atom stereocenters. The second-order valence-corrected chi connectivity index (χ2v) is 9.30. The summed E-state index contributed by atoms with van der Waals surface area (Å²) in [6, 6.07) is 25.1. The van der Waals surface area contributed by atoms with Crippen molar-refractivity contribution in [1.82, 2.24) is 9.29 Å². The van der Waals surface area contributed by atoms with E-state index in [2.05, 4.69) is 5.32 Å². The Hall–Kier alpha value is -3.55. The topological polar surface area (TPSA) is 79.4 Å². The second-order valence-electron chi connectivity index (χ2n) is 7.18. The van der Waals surface area contributed by atoms with Crippen molar-refractivity contribution in [1.29, 1.82) is 0 Å². The number of nitrogens with one attached hydrogen (secondary N) is 1. The lowest BCUT2D eigenvalue weighted by molar-refractivity contribution is 0.102. The SMILES string of the molecule is CN(C)S(=O)(=O)c1ccccc1NC(=O)c1cc(-c2ccccc2)nc2ccccc12. The molecular formula is C24H21N3O3S. The van der Waals surface area contributed by atoms with Crippen molar-refractivity contribution in [3.05, 3.63) is 90.5 Å². The monoisotopic (exact) mass is 431 g/mol. The van der Waals surface area contributed by atoms with E-state index in [4.69, 9.17) is 4.98 Å². The molecule has 0 unspecified atom stereocenters. The number of para-hydroxylation sites is 2. The number of anilines is 1. The number of hydrogen-bond acceptors (Lipinski definition) is 4. The van der Waals surface area contributed by atoms with E-state index in [1.54, 1.807) is 24.3 Å². The third-order valence-corrected chi connectivity index (χ3v) is 6.80. The molecule has 7 heteroatoms. The molecule has 0 aliphatic rings. The molecule has 4 rings (SSSR count). The molecule has 1 aromatic heterocycles. The van der Waals surface area contributed by atoms with Crippen LogP contribution in [0.3, 0.4) is 0 Å². The molecule has 1 heterocycles. The summed E-state index contributed by atoms with van der Waals surface area (Å²) < 4.78 is 26.5. The molecule has 0 spiro atoms. The van der Waals surface area contributed by atoms with Gasteiger partial charge in [0.05, 0.1) is 22.5 Å². The van der Waals surface area contributed by atoms with Crippen molar-refractivity contribution in [2.75, 3.05) is 19.4 Å². The van der Waals surface area contributed by atoms with E-state index in [0.29, 0.717) is 22.2 Å². The maximum absolute atomic E-state index is 13.3. The van der Waals surface area contributed by atoms with Crippen LogP contribution in [0.1, 0.15) is 10.4 Å². The number of nitrogens with zero attached hydrogens (tertiary/aromatic N) is 2. The van der Waals surface area contributed by atoms with E-state index < -0.39 is 15.9 Å². The molecule has 31 heavy (non-hydrogen) atoms. The maximum Gasteiger partial charge on any atom is 0.256 e. The average molecular weight is 432 g/mol. The van der Waals surface area contributed by atoms with Crippen LogP contribution in [0.15, 0.2) is 89.8 Å². The molecule has 0 fully saturated rings. The van der Waals surface area contributed by atoms with Crippen LogP contribution in [0, 0.1) is 0 Å². The molecule has 0 aliphatic heterocycles. The lowest BCUT2D eigenvalue weighted by atomic mass is 10.0. The fraction of sp³-hybridized carbons (Fsp3) is 0.0833. The summed E-state index contributed by atoms with van der Waals surface area (Å²) >= 11 is 0. The van der Waals surface area contributed by atoms with Crippen LogP contribution >= 0.6 is 0 Å². The van der Waals surface area contributed by atoms with E-state index in [-0.39, 0.29) is 10.6 Å². The van der Waals surface area contributed by atoms with Crippen LogP contribution in [-0.2, 0) is 10.0 Å². The summed E-state index contributed by atoms with van der Waals surface area (Å²) in [4.78, 5) is 18.0. The van der Waals surface area contributed by atoms with Crippen LogP contribution in [0.25, 0.3) is 22.2 Å². The number of hydrogen-bond donors (Lipinski definition) is 1. The predicted molar refractivity (Wildman–Crippen MR) is 122 cm³/mol. The Morgan fingerprint density at radius 1 is 0.871 bits per heavy atom. The lowest BCUT2D eigenvalue weighted by Gasteiger charge is -2.16. The number of aromatic nitrogens is 1. The van der Waals surface area contributed by atoms with Gasteiger partial charge in [0.1, 0.15) is 4.90 Å². The second kappa shape index (κ2) is 8.29. The number of carbonyl (C=O) groups is 1. The largest absolute Gasteiger partial charge is 0.321 e. The van der Waals surface area contributed by atoms with Gasteiger partial charge in [0.25, 0.3) is 5.91 Å². The first-order chi connectivity index (χ1) is 14.9. The van der Waals surface area contributed by atoms with Crippen LogP contribution < -0.4 is 5.32 Å². The quantitative estimate of drug-likeness (QED) is 0.508. The Balaban J connectivity index is 1.81. The molecule has 0 saturated carbocycles. The standard InChI is InChI=1S/C24H21N3O3S/c1-27(2)31(29,30)23-15-9-8-14-21(23)26-24(28)19-16-22(17-10-4-3-5-11-17)25-20-13-7-6-12-18(19)20/h3-16H,1-2H3,(H,26,28). The van der Waals surface area contributed by atoms with Gasteiger partial charge < -0.3 is 5.32 Å². The van der Waals surface area contributed by atoms with Gasteiger partial charge in [-0.1, -0.05) is 60.7 Å². The summed E-state index contributed by atoms with van der Waals surface area (Å²) in [6.45, 7) is 0. The van der Waals surface area contributed by atoms with Crippen molar-refractivity contribution >= 4 is 32.5 Å². The number of fused-ring (bicyclic) bond motifs is 1. The van der Waals surface area contributed by atoms with E-state index >= 15 is 0 Å². The van der Waals surface area contributed by atoms with E-state index in [1.165, 1.54) is 20.2 Å². The molecule has 1 amide bonds. The Morgan fingerprint density at radius 2 is 1.52 bits per heavy atom. The van der Waals surface area contributed by atoms with Crippen molar-refractivity contribution in [3.8, 4) is 11.3 Å². The summed E-state index contributed by atoms with van der Waals surface area (Å²) in [6.07, 6.45) is 0. The van der Waals surface area contributed by atoms with Gasteiger partial charge in [-0.15, -0.1) is 0 Å². The van der Waals surface area contributed by atoms with Crippen molar-refractivity contribution in [3.63, 3.8) is 0 Å². The first-order valence-corrected chi connectivity index (χ1v) is 11.1. The minimum absolute atomic E-state index is 0.0370. The number of carbonyl (C=O) groups excluding carboxylic acids is 1.